The van der Waals surface area contributed by atoms with Gasteiger partial charge in [0.2, 0.25) is 6.79 Å². The zero-order valence-corrected chi connectivity index (χ0v) is 10.8. The SMILES string of the molecule is CC1CCNCCN1Cc1ccc2c(c1)OCO2. The molecule has 2 heterocycles. The molecule has 2 aliphatic heterocycles. The van der Waals surface area contributed by atoms with Crippen LogP contribution in [0.25, 0.3) is 0 Å². The van der Waals surface area contributed by atoms with Gasteiger partial charge in [-0.05, 0) is 37.6 Å². The molecule has 1 fully saturated rings. The summed E-state index contributed by atoms with van der Waals surface area (Å²) < 4.78 is 10.8. The second kappa shape index (κ2) is 5.16. The van der Waals surface area contributed by atoms with Crippen LogP contribution in [0.15, 0.2) is 18.2 Å². The van der Waals surface area contributed by atoms with Crippen molar-refractivity contribution in [3.8, 4) is 11.5 Å². The molecule has 1 atom stereocenters. The Labute approximate surface area is 108 Å². The highest BCUT2D eigenvalue weighted by atomic mass is 16.7. The third-order valence-corrected chi connectivity index (χ3v) is 3.76. The summed E-state index contributed by atoms with van der Waals surface area (Å²) in [5, 5.41) is 3.45. The van der Waals surface area contributed by atoms with Gasteiger partial charge in [0, 0.05) is 25.7 Å². The minimum atomic E-state index is 0.350. The molecule has 1 aromatic rings. The molecule has 0 bridgehead atoms. The molecular weight excluding hydrogens is 228 g/mol. The van der Waals surface area contributed by atoms with Crippen molar-refractivity contribution in [2.24, 2.45) is 0 Å². The Morgan fingerprint density at radius 3 is 3.11 bits per heavy atom. The first-order chi connectivity index (χ1) is 8.83. The lowest BCUT2D eigenvalue weighted by Crippen LogP contribution is -2.33. The van der Waals surface area contributed by atoms with Crippen molar-refractivity contribution < 1.29 is 9.47 Å². The van der Waals surface area contributed by atoms with Crippen molar-refractivity contribution in [3.05, 3.63) is 23.8 Å². The van der Waals surface area contributed by atoms with Gasteiger partial charge in [0.15, 0.2) is 11.5 Å². The number of nitrogens with zero attached hydrogens (tertiary/aromatic N) is 1. The van der Waals surface area contributed by atoms with Gasteiger partial charge in [-0.1, -0.05) is 6.07 Å². The molecule has 0 amide bonds. The summed E-state index contributed by atoms with van der Waals surface area (Å²) in [6.07, 6.45) is 1.21. The quantitative estimate of drug-likeness (QED) is 0.862. The molecule has 1 saturated heterocycles. The van der Waals surface area contributed by atoms with Crippen LogP contribution >= 0.6 is 0 Å². The molecule has 0 spiro atoms. The molecule has 4 nitrogen and oxygen atoms in total. The van der Waals surface area contributed by atoms with E-state index in [9.17, 15) is 0 Å². The van der Waals surface area contributed by atoms with Crippen molar-refractivity contribution in [1.82, 2.24) is 10.2 Å². The predicted octanol–water partition coefficient (Wildman–Crippen LogP) is 1.60. The van der Waals surface area contributed by atoms with Crippen LogP contribution < -0.4 is 14.8 Å². The van der Waals surface area contributed by atoms with E-state index in [1.807, 2.05) is 6.07 Å². The zero-order chi connectivity index (χ0) is 12.4. The summed E-state index contributed by atoms with van der Waals surface area (Å²) >= 11 is 0. The first kappa shape index (κ1) is 11.8. The van der Waals surface area contributed by atoms with E-state index < -0.39 is 0 Å². The van der Waals surface area contributed by atoms with Gasteiger partial charge in [-0.25, -0.2) is 0 Å². The molecule has 0 aromatic heterocycles. The number of nitrogens with one attached hydrogen (secondary N) is 1. The highest BCUT2D eigenvalue weighted by Gasteiger charge is 2.18. The highest BCUT2D eigenvalue weighted by Crippen LogP contribution is 2.33. The molecule has 18 heavy (non-hydrogen) atoms. The summed E-state index contributed by atoms with van der Waals surface area (Å²) in [4.78, 5) is 2.53. The van der Waals surface area contributed by atoms with E-state index in [0.29, 0.717) is 12.8 Å². The van der Waals surface area contributed by atoms with E-state index in [1.165, 1.54) is 12.0 Å². The molecule has 3 rings (SSSR count). The molecule has 1 N–H and O–H groups in total. The Bertz CT molecular complexity index is 422. The van der Waals surface area contributed by atoms with Crippen LogP contribution in [-0.4, -0.2) is 37.4 Å². The minimum Gasteiger partial charge on any atom is -0.454 e. The standard InChI is InChI=1S/C14H20N2O2/c1-11-4-5-15-6-7-16(11)9-12-2-3-13-14(8-12)18-10-17-13/h2-3,8,11,15H,4-7,9-10H2,1H3. The van der Waals surface area contributed by atoms with Crippen molar-refractivity contribution in [3.63, 3.8) is 0 Å². The zero-order valence-electron chi connectivity index (χ0n) is 10.8. The van der Waals surface area contributed by atoms with Crippen LogP contribution in [0.1, 0.15) is 18.9 Å². The summed E-state index contributed by atoms with van der Waals surface area (Å²) in [6.45, 7) is 6.95. The van der Waals surface area contributed by atoms with Gasteiger partial charge in [-0.2, -0.15) is 0 Å². The fourth-order valence-electron chi connectivity index (χ4n) is 2.57. The van der Waals surface area contributed by atoms with Crippen LogP contribution in [0, 0.1) is 0 Å². The average Bonchev–Trinajstić information content (AvgIpc) is 2.75. The number of ether oxygens (including phenoxy) is 2. The molecular formula is C14H20N2O2. The van der Waals surface area contributed by atoms with Gasteiger partial charge in [0.05, 0.1) is 0 Å². The lowest BCUT2D eigenvalue weighted by atomic mass is 10.1. The molecule has 2 aliphatic rings. The fraction of sp³-hybridized carbons (Fsp3) is 0.571. The third kappa shape index (κ3) is 2.44. The third-order valence-electron chi connectivity index (χ3n) is 3.76. The van der Waals surface area contributed by atoms with E-state index in [1.54, 1.807) is 0 Å². The first-order valence-electron chi connectivity index (χ1n) is 6.66. The van der Waals surface area contributed by atoms with E-state index in [2.05, 4.69) is 29.3 Å². The largest absolute Gasteiger partial charge is 0.454 e. The maximum Gasteiger partial charge on any atom is 0.231 e. The Kier molecular flexibility index (Phi) is 3.39. The van der Waals surface area contributed by atoms with Crippen molar-refractivity contribution >= 4 is 0 Å². The Balaban J connectivity index is 1.71. The number of hydrogen-bond donors (Lipinski definition) is 1. The Hall–Kier alpha value is -1.26. The van der Waals surface area contributed by atoms with E-state index in [-0.39, 0.29) is 0 Å². The summed E-state index contributed by atoms with van der Waals surface area (Å²) in [5.74, 6) is 1.75. The second-order valence-electron chi connectivity index (χ2n) is 5.05. The normalized spacial score (nSPS) is 23.9. The highest BCUT2D eigenvalue weighted by molar-refractivity contribution is 5.44. The lowest BCUT2D eigenvalue weighted by molar-refractivity contribution is 0.173. The van der Waals surface area contributed by atoms with Crippen molar-refractivity contribution in [1.29, 1.82) is 0 Å². The predicted molar refractivity (Wildman–Crippen MR) is 69.9 cm³/mol. The molecule has 1 aromatic carbocycles. The first-order valence-corrected chi connectivity index (χ1v) is 6.66. The summed E-state index contributed by atoms with van der Waals surface area (Å²) in [6, 6.07) is 6.88. The van der Waals surface area contributed by atoms with E-state index in [4.69, 9.17) is 9.47 Å². The van der Waals surface area contributed by atoms with Gasteiger partial charge < -0.3 is 14.8 Å². The van der Waals surface area contributed by atoms with Crippen molar-refractivity contribution in [2.45, 2.75) is 25.9 Å². The lowest BCUT2D eigenvalue weighted by Gasteiger charge is -2.26. The van der Waals surface area contributed by atoms with Crippen LogP contribution in [0.4, 0.5) is 0 Å². The summed E-state index contributed by atoms with van der Waals surface area (Å²) in [5.41, 5.74) is 1.30. The van der Waals surface area contributed by atoms with Crippen molar-refractivity contribution in [2.75, 3.05) is 26.4 Å². The number of hydrogen-bond acceptors (Lipinski definition) is 4. The fourth-order valence-corrected chi connectivity index (χ4v) is 2.57. The number of fused-ring (bicyclic) bond motifs is 1. The Morgan fingerprint density at radius 1 is 1.28 bits per heavy atom. The van der Waals surface area contributed by atoms with Crippen LogP contribution in [0.3, 0.4) is 0 Å². The molecule has 1 unspecified atom stereocenters. The second-order valence-corrected chi connectivity index (χ2v) is 5.05. The van der Waals surface area contributed by atoms with Gasteiger partial charge in [0.1, 0.15) is 0 Å². The van der Waals surface area contributed by atoms with Gasteiger partial charge in [-0.15, -0.1) is 0 Å². The van der Waals surface area contributed by atoms with Crippen LogP contribution in [-0.2, 0) is 6.54 Å². The molecule has 0 radical (unpaired) electrons. The molecule has 0 aliphatic carbocycles. The molecule has 98 valence electrons. The van der Waals surface area contributed by atoms with Crippen LogP contribution in [0.5, 0.6) is 11.5 Å². The van der Waals surface area contributed by atoms with Gasteiger partial charge >= 0.3 is 0 Å². The smallest absolute Gasteiger partial charge is 0.231 e. The maximum absolute atomic E-state index is 5.43. The average molecular weight is 248 g/mol. The topological polar surface area (TPSA) is 33.7 Å². The molecule has 4 heteroatoms. The monoisotopic (exact) mass is 248 g/mol. The minimum absolute atomic E-state index is 0.350. The van der Waals surface area contributed by atoms with E-state index in [0.717, 1.165) is 37.7 Å². The maximum atomic E-state index is 5.43. The van der Waals surface area contributed by atoms with Gasteiger partial charge in [0.25, 0.3) is 0 Å². The van der Waals surface area contributed by atoms with E-state index >= 15 is 0 Å². The van der Waals surface area contributed by atoms with Gasteiger partial charge in [-0.3, -0.25) is 4.90 Å². The number of rotatable bonds is 2. The molecule has 0 saturated carbocycles. The summed E-state index contributed by atoms with van der Waals surface area (Å²) in [7, 11) is 0. The number of benzene rings is 1. The van der Waals surface area contributed by atoms with Crippen LogP contribution in [0.2, 0.25) is 0 Å². The Morgan fingerprint density at radius 2 is 2.17 bits per heavy atom.